The van der Waals surface area contributed by atoms with Crippen LogP contribution >= 0.6 is 0 Å². The molecule has 18 heavy (non-hydrogen) atoms. The zero-order valence-electron chi connectivity index (χ0n) is 9.58. The van der Waals surface area contributed by atoms with E-state index in [9.17, 15) is 0 Å². The molecule has 0 fully saturated rings. The van der Waals surface area contributed by atoms with Crippen molar-refractivity contribution in [1.82, 2.24) is 15.0 Å². The van der Waals surface area contributed by atoms with E-state index in [2.05, 4.69) is 15.0 Å². The largest absolute Gasteiger partial charge is 0.443 e. The molecule has 2 aromatic heterocycles. The van der Waals surface area contributed by atoms with Crippen LogP contribution in [0.4, 0.5) is 0 Å². The fourth-order valence-corrected chi connectivity index (χ4v) is 1.79. The van der Waals surface area contributed by atoms with Crippen LogP contribution < -0.4 is 0 Å². The molecule has 2 heterocycles. The Hall–Kier alpha value is -2.74. The van der Waals surface area contributed by atoms with Gasteiger partial charge in [0.15, 0.2) is 12.0 Å². The van der Waals surface area contributed by atoms with Gasteiger partial charge in [-0.3, -0.25) is 0 Å². The first-order valence-corrected chi connectivity index (χ1v) is 5.36. The van der Waals surface area contributed by atoms with Crippen molar-refractivity contribution in [2.24, 2.45) is 0 Å². The summed E-state index contributed by atoms with van der Waals surface area (Å²) in [5.41, 5.74) is 3.43. The van der Waals surface area contributed by atoms with Gasteiger partial charge in [0, 0.05) is 11.6 Å². The van der Waals surface area contributed by atoms with E-state index in [0.717, 1.165) is 11.1 Å². The molecule has 3 rings (SSSR count). The summed E-state index contributed by atoms with van der Waals surface area (Å²) in [5, 5.41) is 8.90. The molecule has 0 unspecified atom stereocenters. The van der Waals surface area contributed by atoms with Crippen molar-refractivity contribution in [1.29, 1.82) is 5.26 Å². The van der Waals surface area contributed by atoms with Crippen molar-refractivity contribution in [3.05, 3.63) is 42.2 Å². The van der Waals surface area contributed by atoms with Crippen molar-refractivity contribution in [3.63, 3.8) is 0 Å². The van der Waals surface area contributed by atoms with Crippen LogP contribution in [0.2, 0.25) is 0 Å². The molecule has 0 saturated heterocycles. The Labute approximate surface area is 103 Å². The molecule has 0 aliphatic carbocycles. The van der Waals surface area contributed by atoms with Gasteiger partial charge in [-0.1, -0.05) is 6.07 Å². The first-order chi connectivity index (χ1) is 8.76. The molecule has 0 atom stereocenters. The second-order valence-electron chi connectivity index (χ2n) is 3.83. The maximum Gasteiger partial charge on any atom is 0.181 e. The van der Waals surface area contributed by atoms with Gasteiger partial charge < -0.3 is 4.42 Å². The van der Waals surface area contributed by atoms with Crippen LogP contribution in [0.15, 0.2) is 35.1 Å². The molecule has 0 radical (unpaired) electrons. The summed E-state index contributed by atoms with van der Waals surface area (Å²) < 4.78 is 5.25. The molecule has 0 spiro atoms. The van der Waals surface area contributed by atoms with Crippen molar-refractivity contribution in [2.75, 3.05) is 0 Å². The van der Waals surface area contributed by atoms with Gasteiger partial charge in [-0.25, -0.2) is 15.0 Å². The lowest BCUT2D eigenvalue weighted by Gasteiger charge is -2.02. The Bertz CT molecular complexity index is 770. The average molecular weight is 236 g/mol. The molecule has 0 aliphatic rings. The van der Waals surface area contributed by atoms with E-state index in [4.69, 9.17) is 9.68 Å². The third-order valence-electron chi connectivity index (χ3n) is 2.58. The number of hydrogen-bond donors (Lipinski definition) is 0. The van der Waals surface area contributed by atoms with Gasteiger partial charge in [-0.05, 0) is 19.1 Å². The fraction of sp³-hybridized carbons (Fsp3) is 0.0769. The number of nitrogens with zero attached hydrogens (tertiary/aromatic N) is 4. The van der Waals surface area contributed by atoms with Crippen LogP contribution in [0.25, 0.3) is 22.4 Å². The number of aromatic nitrogens is 3. The monoisotopic (exact) mass is 236 g/mol. The lowest BCUT2D eigenvalue weighted by atomic mass is 10.1. The molecule has 86 valence electrons. The van der Waals surface area contributed by atoms with Gasteiger partial charge in [0.25, 0.3) is 0 Å². The van der Waals surface area contributed by atoms with Gasteiger partial charge in [0.05, 0.1) is 5.69 Å². The summed E-state index contributed by atoms with van der Waals surface area (Å²) in [7, 11) is 0. The first-order valence-electron chi connectivity index (χ1n) is 5.36. The van der Waals surface area contributed by atoms with Crippen molar-refractivity contribution in [2.45, 2.75) is 6.92 Å². The van der Waals surface area contributed by atoms with Crippen LogP contribution in [-0.4, -0.2) is 15.0 Å². The highest BCUT2D eigenvalue weighted by Crippen LogP contribution is 2.22. The Morgan fingerprint density at radius 1 is 1.22 bits per heavy atom. The maximum atomic E-state index is 8.90. The lowest BCUT2D eigenvalue weighted by molar-refractivity contribution is 0.602. The number of nitriles is 1. The zero-order chi connectivity index (χ0) is 12.5. The SMILES string of the molecule is Cc1nc(C#N)cc(-c2ccc3ncoc3c2)n1. The standard InChI is InChI=1S/C13H8N4O/c1-8-16-10(6-14)5-12(17-8)9-2-3-11-13(4-9)18-7-15-11/h2-5,7H,1H3. The predicted molar refractivity (Wildman–Crippen MR) is 64.5 cm³/mol. The summed E-state index contributed by atoms with van der Waals surface area (Å²) in [4.78, 5) is 12.4. The highest BCUT2D eigenvalue weighted by molar-refractivity contribution is 5.79. The second kappa shape index (κ2) is 3.93. The molecule has 5 nitrogen and oxygen atoms in total. The van der Waals surface area contributed by atoms with Crippen LogP contribution in [-0.2, 0) is 0 Å². The number of benzene rings is 1. The lowest BCUT2D eigenvalue weighted by Crippen LogP contribution is -1.94. The van der Waals surface area contributed by atoms with Gasteiger partial charge >= 0.3 is 0 Å². The minimum atomic E-state index is 0.357. The number of oxazole rings is 1. The topological polar surface area (TPSA) is 75.6 Å². The highest BCUT2D eigenvalue weighted by Gasteiger charge is 2.06. The summed E-state index contributed by atoms with van der Waals surface area (Å²) in [6.45, 7) is 1.76. The Morgan fingerprint density at radius 3 is 2.94 bits per heavy atom. The van der Waals surface area contributed by atoms with Crippen LogP contribution in [0.5, 0.6) is 0 Å². The number of hydrogen-bond acceptors (Lipinski definition) is 5. The second-order valence-corrected chi connectivity index (χ2v) is 3.83. The van der Waals surface area contributed by atoms with Gasteiger partial charge in [0.1, 0.15) is 23.1 Å². The molecule has 0 aliphatic heterocycles. The molecule has 0 amide bonds. The fourth-order valence-electron chi connectivity index (χ4n) is 1.79. The molecule has 5 heteroatoms. The number of rotatable bonds is 1. The molecule has 0 saturated carbocycles. The first kappa shape index (κ1) is 10.4. The molecular weight excluding hydrogens is 228 g/mol. The van der Waals surface area contributed by atoms with Crippen molar-refractivity contribution in [3.8, 4) is 17.3 Å². The van der Waals surface area contributed by atoms with Crippen molar-refractivity contribution < 1.29 is 4.42 Å². The van der Waals surface area contributed by atoms with E-state index in [1.807, 2.05) is 24.3 Å². The quantitative estimate of drug-likeness (QED) is 0.648. The normalized spacial score (nSPS) is 10.4. The van der Waals surface area contributed by atoms with E-state index in [-0.39, 0.29) is 0 Å². The van der Waals surface area contributed by atoms with Gasteiger partial charge in [0.2, 0.25) is 0 Å². The number of aryl methyl sites for hydroxylation is 1. The summed E-state index contributed by atoms with van der Waals surface area (Å²) >= 11 is 0. The van der Waals surface area contributed by atoms with E-state index in [1.165, 1.54) is 6.39 Å². The van der Waals surface area contributed by atoms with Crippen LogP contribution in [0, 0.1) is 18.3 Å². The average Bonchev–Trinajstić information content (AvgIpc) is 2.85. The molecule has 3 aromatic rings. The molecule has 1 aromatic carbocycles. The third-order valence-corrected chi connectivity index (χ3v) is 2.58. The van der Waals surface area contributed by atoms with E-state index in [1.54, 1.807) is 13.0 Å². The third kappa shape index (κ3) is 1.70. The highest BCUT2D eigenvalue weighted by atomic mass is 16.3. The maximum absolute atomic E-state index is 8.90. The Balaban J connectivity index is 2.19. The minimum absolute atomic E-state index is 0.357. The van der Waals surface area contributed by atoms with Crippen LogP contribution in [0.1, 0.15) is 11.5 Å². The summed E-state index contributed by atoms with van der Waals surface area (Å²) in [6.07, 6.45) is 1.40. The molecule has 0 bridgehead atoms. The summed E-state index contributed by atoms with van der Waals surface area (Å²) in [6, 6.07) is 9.29. The van der Waals surface area contributed by atoms with Crippen molar-refractivity contribution >= 4 is 11.1 Å². The number of fused-ring (bicyclic) bond motifs is 1. The van der Waals surface area contributed by atoms with E-state index in [0.29, 0.717) is 22.8 Å². The van der Waals surface area contributed by atoms with Gasteiger partial charge in [-0.15, -0.1) is 0 Å². The minimum Gasteiger partial charge on any atom is -0.443 e. The smallest absolute Gasteiger partial charge is 0.181 e. The molecular formula is C13H8N4O. The Morgan fingerprint density at radius 2 is 2.11 bits per heavy atom. The predicted octanol–water partition coefficient (Wildman–Crippen LogP) is 2.46. The van der Waals surface area contributed by atoms with E-state index < -0.39 is 0 Å². The summed E-state index contributed by atoms with van der Waals surface area (Å²) in [5.74, 6) is 0.571. The van der Waals surface area contributed by atoms with Crippen LogP contribution in [0.3, 0.4) is 0 Å². The molecule has 0 N–H and O–H groups in total. The Kier molecular flexibility index (Phi) is 2.27. The zero-order valence-corrected chi connectivity index (χ0v) is 9.58. The van der Waals surface area contributed by atoms with Gasteiger partial charge in [-0.2, -0.15) is 5.26 Å². The van der Waals surface area contributed by atoms with E-state index >= 15 is 0 Å².